The summed E-state index contributed by atoms with van der Waals surface area (Å²) in [5.74, 6) is -2.34. The Labute approximate surface area is 148 Å². The van der Waals surface area contributed by atoms with Crippen LogP contribution in [-0.4, -0.2) is 28.7 Å². The van der Waals surface area contributed by atoms with Crippen molar-refractivity contribution in [3.8, 4) is 5.75 Å². The highest BCUT2D eigenvalue weighted by molar-refractivity contribution is 7.12. The fourth-order valence-electron chi connectivity index (χ4n) is 1.75. The normalized spacial score (nSPS) is 12.1. The second-order valence-electron chi connectivity index (χ2n) is 4.74. The lowest BCUT2D eigenvalue weighted by Crippen LogP contribution is -2.30. The Morgan fingerprint density at radius 1 is 1.28 bits per heavy atom. The van der Waals surface area contributed by atoms with Crippen molar-refractivity contribution >= 4 is 40.3 Å². The molecule has 0 fully saturated rings. The Hall–Kier alpha value is -2.39. The van der Waals surface area contributed by atoms with E-state index in [1.54, 1.807) is 10.8 Å². The zero-order chi connectivity index (χ0) is 18.6. The molecular formula is C15H10ClF3N2O3S. The second-order valence-corrected chi connectivity index (χ2v) is 6.12. The predicted molar refractivity (Wildman–Crippen MR) is 87.3 cm³/mol. The van der Waals surface area contributed by atoms with Crippen LogP contribution < -0.4 is 5.43 Å². The molecule has 0 aliphatic carbocycles. The van der Waals surface area contributed by atoms with E-state index >= 15 is 0 Å². The molecular weight excluding hydrogens is 381 g/mol. The number of nitrogens with one attached hydrogen (secondary N) is 1. The van der Waals surface area contributed by atoms with E-state index in [0.717, 1.165) is 23.5 Å². The van der Waals surface area contributed by atoms with E-state index in [1.165, 1.54) is 18.2 Å². The fourth-order valence-corrected chi connectivity index (χ4v) is 2.58. The maximum Gasteiger partial charge on any atom is 0.431 e. The van der Waals surface area contributed by atoms with Gasteiger partial charge in [-0.25, -0.2) is 5.43 Å². The third-order valence-electron chi connectivity index (χ3n) is 2.95. The van der Waals surface area contributed by atoms with Crippen molar-refractivity contribution in [2.45, 2.75) is 12.6 Å². The van der Waals surface area contributed by atoms with E-state index in [9.17, 15) is 27.9 Å². The highest BCUT2D eigenvalue weighted by atomic mass is 35.5. The lowest BCUT2D eigenvalue weighted by molar-refractivity contribution is -0.0605. The van der Waals surface area contributed by atoms with E-state index < -0.39 is 35.7 Å². The number of carbonyl (C=O) groups is 2. The molecule has 0 spiro atoms. The van der Waals surface area contributed by atoms with Gasteiger partial charge in [0.1, 0.15) is 11.5 Å². The van der Waals surface area contributed by atoms with Crippen LogP contribution in [0.15, 0.2) is 40.8 Å². The number of phenolic OH excluding ortho intramolecular Hbond substituents is 1. The maximum atomic E-state index is 13.0. The first-order valence-corrected chi connectivity index (χ1v) is 7.93. The van der Waals surface area contributed by atoms with Gasteiger partial charge in [0.05, 0.1) is 16.9 Å². The summed E-state index contributed by atoms with van der Waals surface area (Å²) in [4.78, 5) is 23.9. The molecule has 25 heavy (non-hydrogen) atoms. The molecule has 1 heterocycles. The van der Waals surface area contributed by atoms with Crippen LogP contribution in [0, 0.1) is 0 Å². The minimum Gasteiger partial charge on any atom is -0.507 e. The van der Waals surface area contributed by atoms with E-state index in [4.69, 9.17) is 11.6 Å². The minimum absolute atomic E-state index is 0.107. The Bertz CT molecular complexity index is 820. The standard InChI is InChI=1S/C15H10ClF3N2O3S/c16-8-3-4-10(22)9(6-8)14(24)21-20-13(15(17,18)19)7-11(23)12-2-1-5-25-12/h1-6,22H,7H2,(H,21,24)/b20-13-. The van der Waals surface area contributed by atoms with Gasteiger partial charge in [-0.1, -0.05) is 17.7 Å². The number of aromatic hydroxyl groups is 1. The van der Waals surface area contributed by atoms with Crippen LogP contribution in [0.5, 0.6) is 5.75 Å². The number of hydrogen-bond donors (Lipinski definition) is 2. The van der Waals surface area contributed by atoms with E-state index in [1.807, 2.05) is 0 Å². The highest BCUT2D eigenvalue weighted by Gasteiger charge is 2.37. The molecule has 132 valence electrons. The predicted octanol–water partition coefficient (Wildman–Crippen LogP) is 4.03. The summed E-state index contributed by atoms with van der Waals surface area (Å²) in [6.07, 6.45) is -5.93. The van der Waals surface area contributed by atoms with Gasteiger partial charge >= 0.3 is 6.18 Å². The Morgan fingerprint density at radius 3 is 2.60 bits per heavy atom. The van der Waals surface area contributed by atoms with Gasteiger partial charge in [0.25, 0.3) is 5.91 Å². The zero-order valence-electron chi connectivity index (χ0n) is 12.3. The summed E-state index contributed by atoms with van der Waals surface area (Å²) in [7, 11) is 0. The number of thiophene rings is 1. The number of Topliss-reactive ketones (excluding diaryl/α,β-unsaturated/α-hetero) is 1. The number of nitrogens with zero attached hydrogens (tertiary/aromatic N) is 1. The molecule has 0 saturated heterocycles. The van der Waals surface area contributed by atoms with Crippen LogP contribution in [0.2, 0.25) is 5.02 Å². The molecule has 2 rings (SSSR count). The number of ketones is 1. The summed E-state index contributed by atoms with van der Waals surface area (Å²) in [6, 6.07) is 6.42. The Morgan fingerprint density at radius 2 is 2.00 bits per heavy atom. The molecule has 0 bridgehead atoms. The van der Waals surface area contributed by atoms with Crippen LogP contribution in [0.25, 0.3) is 0 Å². The maximum absolute atomic E-state index is 13.0. The third-order valence-corrected chi connectivity index (χ3v) is 4.09. The van der Waals surface area contributed by atoms with Gasteiger partial charge in [-0.2, -0.15) is 18.3 Å². The molecule has 0 radical (unpaired) electrons. The average Bonchev–Trinajstić information content (AvgIpc) is 3.06. The van der Waals surface area contributed by atoms with Crippen LogP contribution >= 0.6 is 22.9 Å². The summed E-state index contributed by atoms with van der Waals surface area (Å²) in [5, 5.41) is 14.2. The van der Waals surface area contributed by atoms with Crippen LogP contribution in [-0.2, 0) is 0 Å². The number of hydrazone groups is 1. The second kappa shape index (κ2) is 7.66. The first-order valence-electron chi connectivity index (χ1n) is 6.68. The number of rotatable bonds is 5. The first kappa shape index (κ1) is 18.9. The van der Waals surface area contributed by atoms with Gasteiger partial charge in [-0.3, -0.25) is 9.59 Å². The lowest BCUT2D eigenvalue weighted by atomic mass is 10.1. The summed E-state index contributed by atoms with van der Waals surface area (Å²) in [6.45, 7) is 0. The molecule has 0 atom stereocenters. The summed E-state index contributed by atoms with van der Waals surface area (Å²) >= 11 is 6.67. The molecule has 0 unspecified atom stereocenters. The lowest BCUT2D eigenvalue weighted by Gasteiger charge is -2.10. The van der Waals surface area contributed by atoms with E-state index in [0.29, 0.717) is 0 Å². The van der Waals surface area contributed by atoms with Crippen LogP contribution in [0.4, 0.5) is 13.2 Å². The highest BCUT2D eigenvalue weighted by Crippen LogP contribution is 2.23. The van der Waals surface area contributed by atoms with Gasteiger partial charge < -0.3 is 5.11 Å². The number of amides is 1. The van der Waals surface area contributed by atoms with Gasteiger partial charge in [-0.15, -0.1) is 11.3 Å². The van der Waals surface area contributed by atoms with Crippen molar-refractivity contribution in [3.05, 3.63) is 51.2 Å². The minimum atomic E-state index is -4.91. The molecule has 2 aromatic rings. The van der Waals surface area contributed by atoms with Gasteiger partial charge in [0, 0.05) is 5.02 Å². The van der Waals surface area contributed by atoms with E-state index in [-0.39, 0.29) is 15.5 Å². The van der Waals surface area contributed by atoms with Crippen molar-refractivity contribution in [1.82, 2.24) is 5.43 Å². The number of alkyl halides is 3. The van der Waals surface area contributed by atoms with Gasteiger partial charge in [0.15, 0.2) is 5.78 Å². The van der Waals surface area contributed by atoms with Crippen LogP contribution in [0.1, 0.15) is 26.5 Å². The zero-order valence-corrected chi connectivity index (χ0v) is 13.9. The van der Waals surface area contributed by atoms with E-state index in [2.05, 4.69) is 5.10 Å². The van der Waals surface area contributed by atoms with Gasteiger partial charge in [0.2, 0.25) is 0 Å². The smallest absolute Gasteiger partial charge is 0.431 e. The van der Waals surface area contributed by atoms with Gasteiger partial charge in [-0.05, 0) is 29.6 Å². The molecule has 0 aliphatic heterocycles. The fraction of sp³-hybridized carbons (Fsp3) is 0.133. The SMILES string of the molecule is O=C(C/C(=N/NC(=O)c1cc(Cl)ccc1O)C(F)(F)F)c1cccs1. The molecule has 0 saturated carbocycles. The molecule has 2 N–H and O–H groups in total. The number of hydrogen-bond acceptors (Lipinski definition) is 5. The summed E-state index contributed by atoms with van der Waals surface area (Å²) < 4.78 is 39.1. The molecule has 0 aliphatic rings. The molecule has 10 heteroatoms. The Balaban J connectivity index is 2.19. The van der Waals surface area contributed by atoms with Crippen LogP contribution in [0.3, 0.4) is 0 Å². The van der Waals surface area contributed by atoms with Crippen molar-refractivity contribution < 1.29 is 27.9 Å². The molecule has 1 aromatic carbocycles. The third kappa shape index (κ3) is 5.04. The quantitative estimate of drug-likeness (QED) is 0.459. The van der Waals surface area contributed by atoms with Crippen molar-refractivity contribution in [2.24, 2.45) is 5.10 Å². The van der Waals surface area contributed by atoms with Crippen molar-refractivity contribution in [3.63, 3.8) is 0 Å². The number of benzene rings is 1. The first-order chi connectivity index (χ1) is 11.7. The summed E-state index contributed by atoms with van der Waals surface area (Å²) in [5.41, 5.74) is -0.117. The van der Waals surface area contributed by atoms with Crippen molar-refractivity contribution in [2.75, 3.05) is 0 Å². The topological polar surface area (TPSA) is 78.8 Å². The molecule has 5 nitrogen and oxygen atoms in total. The molecule has 1 aromatic heterocycles. The number of phenols is 1. The van der Waals surface area contributed by atoms with Crippen molar-refractivity contribution in [1.29, 1.82) is 0 Å². The monoisotopic (exact) mass is 390 g/mol. The molecule has 1 amide bonds. The number of halogens is 4. The Kier molecular flexibility index (Phi) is 5.81. The largest absolute Gasteiger partial charge is 0.507 e. The average molecular weight is 391 g/mol. The number of carbonyl (C=O) groups excluding carboxylic acids is 2.